The molecule has 0 radical (unpaired) electrons. The van der Waals surface area contributed by atoms with Crippen LogP contribution in [0.2, 0.25) is 0 Å². The van der Waals surface area contributed by atoms with Gasteiger partial charge in [-0.1, -0.05) is 12.1 Å². The predicted octanol–water partition coefficient (Wildman–Crippen LogP) is 0.554. The zero-order chi connectivity index (χ0) is 17.5. The fourth-order valence-electron chi connectivity index (χ4n) is 3.96. The zero-order valence-electron chi connectivity index (χ0n) is 14.5. The van der Waals surface area contributed by atoms with Gasteiger partial charge in [-0.3, -0.25) is 9.69 Å². The largest absolute Gasteiger partial charge is 0.361 e. The molecule has 1 amide bonds. The van der Waals surface area contributed by atoms with Crippen LogP contribution < -0.4 is 0 Å². The predicted molar refractivity (Wildman–Crippen MR) is 89.5 cm³/mol. The molecule has 134 valence electrons. The van der Waals surface area contributed by atoms with Gasteiger partial charge in [0.1, 0.15) is 5.76 Å². The smallest absolute Gasteiger partial charge is 0.223 e. The Hall–Kier alpha value is -1.41. The third-order valence-electron chi connectivity index (χ3n) is 5.29. The molecule has 3 heterocycles. The van der Waals surface area contributed by atoms with Crippen molar-refractivity contribution in [1.29, 1.82) is 0 Å². The molecule has 8 heteroatoms. The van der Waals surface area contributed by atoms with E-state index < -0.39 is 9.84 Å². The van der Waals surface area contributed by atoms with E-state index in [1.807, 2.05) is 20.8 Å². The van der Waals surface area contributed by atoms with Crippen LogP contribution in [0.4, 0.5) is 0 Å². The van der Waals surface area contributed by atoms with Crippen LogP contribution >= 0.6 is 0 Å². The minimum atomic E-state index is -3.07. The van der Waals surface area contributed by atoms with E-state index in [9.17, 15) is 13.2 Å². The number of piperazine rings is 1. The Kier molecular flexibility index (Phi) is 4.70. The van der Waals surface area contributed by atoms with Crippen LogP contribution in [-0.2, 0) is 21.1 Å². The number of likely N-dealkylation sites (N-methyl/N-ethyl adjacent to an activating group) is 1. The lowest BCUT2D eigenvalue weighted by molar-refractivity contribution is -0.136. The Morgan fingerprint density at radius 1 is 1.25 bits per heavy atom. The molecular weight excluding hydrogens is 330 g/mol. The minimum Gasteiger partial charge on any atom is -0.361 e. The van der Waals surface area contributed by atoms with Crippen molar-refractivity contribution in [3.8, 4) is 0 Å². The van der Waals surface area contributed by atoms with Crippen molar-refractivity contribution in [1.82, 2.24) is 15.0 Å². The number of aromatic nitrogens is 1. The Morgan fingerprint density at radius 2 is 1.96 bits per heavy atom. The van der Waals surface area contributed by atoms with Crippen molar-refractivity contribution in [2.75, 3.05) is 31.1 Å². The van der Waals surface area contributed by atoms with Crippen molar-refractivity contribution in [3.05, 3.63) is 17.0 Å². The molecule has 1 aromatic heterocycles. The molecule has 0 aliphatic carbocycles. The van der Waals surface area contributed by atoms with Gasteiger partial charge in [0.05, 0.1) is 23.2 Å². The molecule has 0 bridgehead atoms. The van der Waals surface area contributed by atoms with Crippen LogP contribution in [0.1, 0.15) is 30.4 Å². The van der Waals surface area contributed by atoms with Crippen LogP contribution in [0.5, 0.6) is 0 Å². The standard InChI is InChI=1S/C16H25N3O4S/c1-4-18-7-8-19(15-10-24(21,22)9-14(15)18)16(20)6-5-13-11(2)17-23-12(13)3/h14-15H,4-10H2,1-3H3. The van der Waals surface area contributed by atoms with Crippen molar-refractivity contribution in [2.45, 2.75) is 45.7 Å². The van der Waals surface area contributed by atoms with E-state index in [0.717, 1.165) is 30.1 Å². The highest BCUT2D eigenvalue weighted by molar-refractivity contribution is 7.91. The molecule has 2 aliphatic rings. The van der Waals surface area contributed by atoms with Crippen LogP contribution in [0.25, 0.3) is 0 Å². The van der Waals surface area contributed by atoms with E-state index in [0.29, 0.717) is 19.4 Å². The molecule has 0 aromatic carbocycles. The van der Waals surface area contributed by atoms with Crippen LogP contribution in [0, 0.1) is 13.8 Å². The summed E-state index contributed by atoms with van der Waals surface area (Å²) >= 11 is 0. The van der Waals surface area contributed by atoms with Gasteiger partial charge in [-0.25, -0.2) is 8.42 Å². The molecule has 0 saturated carbocycles. The molecule has 2 aliphatic heterocycles. The maximum atomic E-state index is 12.7. The lowest BCUT2D eigenvalue weighted by Crippen LogP contribution is -2.60. The molecule has 0 N–H and O–H groups in total. The molecule has 0 spiro atoms. The molecule has 2 fully saturated rings. The van der Waals surface area contributed by atoms with Crippen molar-refractivity contribution in [3.63, 3.8) is 0 Å². The lowest BCUT2D eigenvalue weighted by atomic mass is 10.0. The second-order valence-electron chi connectivity index (χ2n) is 6.73. The molecule has 2 atom stereocenters. The first-order valence-electron chi connectivity index (χ1n) is 8.48. The van der Waals surface area contributed by atoms with Gasteiger partial charge in [0.15, 0.2) is 9.84 Å². The van der Waals surface area contributed by atoms with E-state index in [-0.39, 0.29) is 29.5 Å². The average Bonchev–Trinajstić information content (AvgIpc) is 3.02. The zero-order valence-corrected chi connectivity index (χ0v) is 15.3. The number of hydrogen-bond acceptors (Lipinski definition) is 6. The van der Waals surface area contributed by atoms with Crippen molar-refractivity contribution >= 4 is 15.7 Å². The molecule has 2 unspecified atom stereocenters. The van der Waals surface area contributed by atoms with Gasteiger partial charge in [0, 0.05) is 31.1 Å². The Labute approximate surface area is 142 Å². The van der Waals surface area contributed by atoms with Gasteiger partial charge in [-0.15, -0.1) is 0 Å². The summed E-state index contributed by atoms with van der Waals surface area (Å²) in [6, 6.07) is -0.266. The Balaban J connectivity index is 1.71. The second kappa shape index (κ2) is 6.48. The van der Waals surface area contributed by atoms with Gasteiger partial charge < -0.3 is 9.42 Å². The first kappa shape index (κ1) is 17.4. The lowest BCUT2D eigenvalue weighted by Gasteiger charge is -2.43. The summed E-state index contributed by atoms with van der Waals surface area (Å²) < 4.78 is 29.3. The highest BCUT2D eigenvalue weighted by atomic mass is 32.2. The summed E-state index contributed by atoms with van der Waals surface area (Å²) in [6.07, 6.45) is 0.941. The summed E-state index contributed by atoms with van der Waals surface area (Å²) in [4.78, 5) is 16.7. The highest BCUT2D eigenvalue weighted by Crippen LogP contribution is 2.27. The number of hydrogen-bond donors (Lipinski definition) is 0. The topological polar surface area (TPSA) is 83.7 Å². The average molecular weight is 355 g/mol. The number of fused-ring (bicyclic) bond motifs is 1. The summed E-state index contributed by atoms with van der Waals surface area (Å²) in [5.41, 5.74) is 1.79. The first-order chi connectivity index (χ1) is 11.3. The third-order valence-corrected chi connectivity index (χ3v) is 6.99. The highest BCUT2D eigenvalue weighted by Gasteiger charge is 2.47. The van der Waals surface area contributed by atoms with Crippen LogP contribution in [0.3, 0.4) is 0 Å². The molecule has 2 saturated heterocycles. The van der Waals surface area contributed by atoms with Gasteiger partial charge in [-0.05, 0) is 26.8 Å². The molecule has 3 rings (SSSR count). The van der Waals surface area contributed by atoms with E-state index in [1.54, 1.807) is 4.90 Å². The van der Waals surface area contributed by atoms with Crippen molar-refractivity contribution in [2.24, 2.45) is 0 Å². The molecule has 24 heavy (non-hydrogen) atoms. The van der Waals surface area contributed by atoms with Crippen LogP contribution in [0.15, 0.2) is 4.52 Å². The van der Waals surface area contributed by atoms with Gasteiger partial charge in [0.25, 0.3) is 0 Å². The monoisotopic (exact) mass is 355 g/mol. The third kappa shape index (κ3) is 3.21. The van der Waals surface area contributed by atoms with Gasteiger partial charge >= 0.3 is 0 Å². The summed E-state index contributed by atoms with van der Waals surface area (Å²) in [6.45, 7) is 7.92. The quantitative estimate of drug-likeness (QED) is 0.784. The van der Waals surface area contributed by atoms with E-state index >= 15 is 0 Å². The normalized spacial score (nSPS) is 26.5. The maximum absolute atomic E-state index is 12.7. The Morgan fingerprint density at radius 3 is 2.58 bits per heavy atom. The van der Waals surface area contributed by atoms with Crippen molar-refractivity contribution < 1.29 is 17.7 Å². The van der Waals surface area contributed by atoms with Gasteiger partial charge in [-0.2, -0.15) is 0 Å². The summed E-state index contributed by atoms with van der Waals surface area (Å²) in [5.74, 6) is 1.03. The van der Waals surface area contributed by atoms with E-state index in [4.69, 9.17) is 4.52 Å². The fraction of sp³-hybridized carbons (Fsp3) is 0.750. The number of carbonyl (C=O) groups excluding carboxylic acids is 1. The van der Waals surface area contributed by atoms with E-state index in [2.05, 4.69) is 10.1 Å². The number of carbonyl (C=O) groups is 1. The first-order valence-corrected chi connectivity index (χ1v) is 10.3. The Bertz CT molecular complexity index is 708. The van der Waals surface area contributed by atoms with Crippen LogP contribution in [-0.4, -0.2) is 72.5 Å². The second-order valence-corrected chi connectivity index (χ2v) is 8.88. The molecule has 7 nitrogen and oxygen atoms in total. The number of aryl methyl sites for hydroxylation is 2. The molecular formula is C16H25N3O4S. The summed E-state index contributed by atoms with van der Waals surface area (Å²) in [7, 11) is -3.07. The number of nitrogens with zero attached hydrogens (tertiary/aromatic N) is 3. The number of amides is 1. The SMILES string of the molecule is CCN1CCN(C(=O)CCc2c(C)noc2C)C2CS(=O)(=O)CC21. The van der Waals surface area contributed by atoms with E-state index in [1.165, 1.54) is 0 Å². The maximum Gasteiger partial charge on any atom is 0.223 e. The summed E-state index contributed by atoms with van der Waals surface area (Å²) in [5, 5.41) is 3.91. The minimum absolute atomic E-state index is 0.0258. The van der Waals surface area contributed by atoms with Gasteiger partial charge in [0.2, 0.25) is 5.91 Å². The molecule has 1 aromatic rings. The number of sulfone groups is 1. The number of rotatable bonds is 4. The fourth-order valence-corrected chi connectivity index (χ4v) is 5.97.